The molecule has 0 radical (unpaired) electrons. The predicted molar refractivity (Wildman–Crippen MR) is 65.8 cm³/mol. The highest BCUT2D eigenvalue weighted by molar-refractivity contribution is 4.53. The summed E-state index contributed by atoms with van der Waals surface area (Å²) in [6.07, 6.45) is 9.96. The van der Waals surface area contributed by atoms with Crippen LogP contribution in [0.3, 0.4) is 0 Å². The van der Waals surface area contributed by atoms with E-state index in [1.54, 1.807) is 0 Å². The molecule has 0 fully saturated rings. The van der Waals surface area contributed by atoms with E-state index in [9.17, 15) is 0 Å². The van der Waals surface area contributed by atoms with E-state index in [4.69, 9.17) is 0 Å². The molecular formula is C13H29N. The Labute approximate surface area is 90.9 Å². The van der Waals surface area contributed by atoms with Gasteiger partial charge in [-0.25, -0.2) is 0 Å². The number of hydrogen-bond acceptors (Lipinski definition) is 1. The first kappa shape index (κ1) is 14.0. The molecule has 0 saturated carbocycles. The number of nitrogens with zero attached hydrogens (tertiary/aromatic N) is 1. The largest absolute Gasteiger partial charge is 0.304 e. The predicted octanol–water partition coefficient (Wildman–Crippen LogP) is 4.08. The Morgan fingerprint density at radius 2 is 1.14 bits per heavy atom. The second kappa shape index (κ2) is 11.0. The van der Waals surface area contributed by atoms with Gasteiger partial charge in [0.2, 0.25) is 0 Å². The summed E-state index contributed by atoms with van der Waals surface area (Å²) in [4.78, 5) is 2.52. The smallest absolute Gasteiger partial charge is 0.00190 e. The van der Waals surface area contributed by atoms with Gasteiger partial charge in [-0.1, -0.05) is 59.3 Å². The molecule has 0 aliphatic rings. The topological polar surface area (TPSA) is 3.24 Å². The van der Waals surface area contributed by atoms with E-state index in [-0.39, 0.29) is 0 Å². The standard InChI is InChI=1S/C13H29N/c1-4-7-8-9-10-11-12-13-14(5-2)6-3/h4-13H2,1-3H3. The second-order valence-electron chi connectivity index (χ2n) is 4.15. The van der Waals surface area contributed by atoms with Gasteiger partial charge in [-0.15, -0.1) is 0 Å². The molecule has 0 rings (SSSR count). The van der Waals surface area contributed by atoms with E-state index in [0.717, 1.165) is 0 Å². The fraction of sp³-hybridized carbons (Fsp3) is 1.00. The van der Waals surface area contributed by atoms with Crippen molar-refractivity contribution in [3.05, 3.63) is 0 Å². The summed E-state index contributed by atoms with van der Waals surface area (Å²) < 4.78 is 0. The van der Waals surface area contributed by atoms with Gasteiger partial charge in [0.25, 0.3) is 0 Å². The molecule has 0 aromatic carbocycles. The van der Waals surface area contributed by atoms with Gasteiger partial charge >= 0.3 is 0 Å². The van der Waals surface area contributed by atoms with Crippen molar-refractivity contribution in [3.8, 4) is 0 Å². The Morgan fingerprint density at radius 1 is 0.643 bits per heavy atom. The zero-order chi connectivity index (χ0) is 10.6. The van der Waals surface area contributed by atoms with Crippen LogP contribution in [0.2, 0.25) is 0 Å². The van der Waals surface area contributed by atoms with E-state index in [1.807, 2.05) is 0 Å². The van der Waals surface area contributed by atoms with Crippen LogP contribution >= 0.6 is 0 Å². The van der Waals surface area contributed by atoms with Crippen LogP contribution in [0, 0.1) is 0 Å². The SMILES string of the molecule is CCCCCCCCCN(CC)CC. The van der Waals surface area contributed by atoms with Crippen molar-refractivity contribution in [2.75, 3.05) is 19.6 Å². The Hall–Kier alpha value is -0.0400. The molecule has 0 aromatic heterocycles. The van der Waals surface area contributed by atoms with Crippen LogP contribution < -0.4 is 0 Å². The molecule has 0 saturated heterocycles. The van der Waals surface area contributed by atoms with Crippen molar-refractivity contribution in [2.45, 2.75) is 65.7 Å². The maximum absolute atomic E-state index is 2.52. The highest BCUT2D eigenvalue weighted by atomic mass is 15.1. The molecule has 0 aromatic rings. The molecule has 0 aliphatic carbocycles. The maximum atomic E-state index is 2.52. The van der Waals surface area contributed by atoms with Crippen LogP contribution in [0.15, 0.2) is 0 Å². The van der Waals surface area contributed by atoms with Crippen molar-refractivity contribution in [2.24, 2.45) is 0 Å². The van der Waals surface area contributed by atoms with Gasteiger partial charge in [0, 0.05) is 0 Å². The van der Waals surface area contributed by atoms with Crippen molar-refractivity contribution in [1.29, 1.82) is 0 Å². The van der Waals surface area contributed by atoms with E-state index >= 15 is 0 Å². The molecule has 1 heteroatoms. The molecule has 14 heavy (non-hydrogen) atoms. The lowest BCUT2D eigenvalue weighted by atomic mass is 10.1. The normalized spacial score (nSPS) is 11.1. The minimum atomic E-state index is 1.21. The number of unbranched alkanes of at least 4 members (excludes halogenated alkanes) is 6. The van der Waals surface area contributed by atoms with Gasteiger partial charge in [-0.2, -0.15) is 0 Å². The molecule has 0 heterocycles. The summed E-state index contributed by atoms with van der Waals surface area (Å²) in [7, 11) is 0. The molecule has 86 valence electrons. The molecule has 0 aliphatic heterocycles. The van der Waals surface area contributed by atoms with Gasteiger partial charge in [0.05, 0.1) is 0 Å². The summed E-state index contributed by atoms with van der Waals surface area (Å²) in [6.45, 7) is 10.5. The first-order valence-electron chi connectivity index (χ1n) is 6.57. The lowest BCUT2D eigenvalue weighted by Gasteiger charge is -2.17. The van der Waals surface area contributed by atoms with E-state index < -0.39 is 0 Å². The maximum Gasteiger partial charge on any atom is -0.00190 e. The van der Waals surface area contributed by atoms with Gasteiger partial charge in [-0.3, -0.25) is 0 Å². The van der Waals surface area contributed by atoms with Gasteiger partial charge < -0.3 is 4.90 Å². The highest BCUT2D eigenvalue weighted by Gasteiger charge is 1.97. The molecular weight excluding hydrogens is 170 g/mol. The molecule has 0 spiro atoms. The summed E-state index contributed by atoms with van der Waals surface area (Å²) in [5, 5.41) is 0. The van der Waals surface area contributed by atoms with E-state index in [0.29, 0.717) is 0 Å². The quantitative estimate of drug-likeness (QED) is 0.479. The van der Waals surface area contributed by atoms with Gasteiger partial charge in [0.15, 0.2) is 0 Å². The molecule has 1 nitrogen and oxygen atoms in total. The van der Waals surface area contributed by atoms with Crippen molar-refractivity contribution in [1.82, 2.24) is 4.90 Å². The lowest BCUT2D eigenvalue weighted by Crippen LogP contribution is -2.23. The number of rotatable bonds is 10. The Bertz CT molecular complexity index is 97.4. The Balaban J connectivity index is 3.04. The zero-order valence-electron chi connectivity index (χ0n) is 10.5. The minimum absolute atomic E-state index is 1.21. The second-order valence-corrected chi connectivity index (χ2v) is 4.15. The summed E-state index contributed by atoms with van der Waals surface area (Å²) >= 11 is 0. The zero-order valence-corrected chi connectivity index (χ0v) is 10.5. The fourth-order valence-electron chi connectivity index (χ4n) is 1.83. The van der Waals surface area contributed by atoms with Crippen molar-refractivity contribution >= 4 is 0 Å². The monoisotopic (exact) mass is 199 g/mol. The van der Waals surface area contributed by atoms with Crippen molar-refractivity contribution in [3.63, 3.8) is 0 Å². The van der Waals surface area contributed by atoms with Crippen LogP contribution in [0.25, 0.3) is 0 Å². The van der Waals surface area contributed by atoms with Crippen LogP contribution in [0.1, 0.15) is 65.7 Å². The molecule has 0 amide bonds. The average molecular weight is 199 g/mol. The third-order valence-corrected chi connectivity index (χ3v) is 2.97. The van der Waals surface area contributed by atoms with Crippen LogP contribution in [-0.4, -0.2) is 24.5 Å². The van der Waals surface area contributed by atoms with Crippen LogP contribution in [0.5, 0.6) is 0 Å². The first-order chi connectivity index (χ1) is 6.85. The minimum Gasteiger partial charge on any atom is -0.304 e. The highest BCUT2D eigenvalue weighted by Crippen LogP contribution is 2.07. The average Bonchev–Trinajstić information content (AvgIpc) is 2.22. The van der Waals surface area contributed by atoms with Crippen molar-refractivity contribution < 1.29 is 0 Å². The Kier molecular flexibility index (Phi) is 11.0. The summed E-state index contributed by atoms with van der Waals surface area (Å²) in [5.74, 6) is 0. The van der Waals surface area contributed by atoms with E-state index in [1.165, 1.54) is 64.6 Å². The molecule has 0 bridgehead atoms. The molecule has 0 atom stereocenters. The molecule has 0 unspecified atom stereocenters. The molecule has 0 N–H and O–H groups in total. The third-order valence-electron chi connectivity index (χ3n) is 2.97. The third kappa shape index (κ3) is 8.55. The first-order valence-corrected chi connectivity index (χ1v) is 6.57. The van der Waals surface area contributed by atoms with Crippen LogP contribution in [-0.2, 0) is 0 Å². The van der Waals surface area contributed by atoms with Crippen LogP contribution in [0.4, 0.5) is 0 Å². The lowest BCUT2D eigenvalue weighted by molar-refractivity contribution is 0.295. The Morgan fingerprint density at radius 3 is 1.64 bits per heavy atom. The van der Waals surface area contributed by atoms with E-state index in [2.05, 4.69) is 25.7 Å². The number of hydrogen-bond donors (Lipinski definition) is 0. The van der Waals surface area contributed by atoms with Gasteiger partial charge in [-0.05, 0) is 26.1 Å². The summed E-state index contributed by atoms with van der Waals surface area (Å²) in [5.41, 5.74) is 0. The van der Waals surface area contributed by atoms with Gasteiger partial charge in [0.1, 0.15) is 0 Å². The fourth-order valence-corrected chi connectivity index (χ4v) is 1.83. The summed E-state index contributed by atoms with van der Waals surface area (Å²) in [6, 6.07) is 0.